The highest BCUT2D eigenvalue weighted by molar-refractivity contribution is 9.10. The van der Waals surface area contributed by atoms with Crippen LogP contribution in [0.25, 0.3) is 0 Å². The summed E-state index contributed by atoms with van der Waals surface area (Å²) in [5.74, 6) is 1.19. The fraction of sp³-hybridized carbons (Fsp3) is 0.625. The lowest BCUT2D eigenvalue weighted by molar-refractivity contribution is -0.120. The summed E-state index contributed by atoms with van der Waals surface area (Å²) >= 11 is 6.83. The first-order chi connectivity index (χ1) is 5.20. The van der Waals surface area contributed by atoms with Crippen LogP contribution in [0.15, 0.2) is 12.2 Å². The highest BCUT2D eigenvalue weighted by Gasteiger charge is 2.42. The van der Waals surface area contributed by atoms with Crippen LogP contribution in [-0.2, 0) is 4.79 Å². The van der Waals surface area contributed by atoms with E-state index in [2.05, 4.69) is 44.0 Å². The van der Waals surface area contributed by atoms with Gasteiger partial charge in [0, 0.05) is 0 Å². The molecule has 0 heterocycles. The predicted molar refractivity (Wildman–Crippen MR) is 51.2 cm³/mol. The molecule has 11 heavy (non-hydrogen) atoms. The van der Waals surface area contributed by atoms with Gasteiger partial charge in [-0.05, 0) is 18.3 Å². The van der Waals surface area contributed by atoms with Crippen LogP contribution in [0.3, 0.4) is 0 Å². The van der Waals surface area contributed by atoms with Gasteiger partial charge in [0.15, 0.2) is 5.78 Å². The Morgan fingerprint density at radius 3 is 2.09 bits per heavy atom. The molecule has 0 amide bonds. The van der Waals surface area contributed by atoms with Crippen molar-refractivity contribution in [3.8, 4) is 0 Å². The second kappa shape index (κ2) is 2.70. The van der Waals surface area contributed by atoms with E-state index >= 15 is 0 Å². The van der Waals surface area contributed by atoms with E-state index in [0.717, 1.165) is 6.42 Å². The number of hydrogen-bond acceptors (Lipinski definition) is 1. The molecule has 0 aromatic rings. The molecule has 4 atom stereocenters. The second-order valence-corrected chi connectivity index (χ2v) is 5.13. The highest BCUT2D eigenvalue weighted by Crippen LogP contribution is 2.41. The third-order valence-electron chi connectivity index (χ3n) is 2.45. The smallest absolute Gasteiger partial charge is 0.161 e. The van der Waals surface area contributed by atoms with Gasteiger partial charge in [0.1, 0.15) is 0 Å². The Morgan fingerprint density at radius 1 is 1.18 bits per heavy atom. The minimum atomic E-state index is 0.0434. The third-order valence-corrected chi connectivity index (χ3v) is 4.71. The predicted octanol–water partition coefficient (Wildman–Crippen LogP) is 2.29. The van der Waals surface area contributed by atoms with Crippen molar-refractivity contribution in [3.05, 3.63) is 12.2 Å². The van der Waals surface area contributed by atoms with E-state index in [1.54, 1.807) is 0 Å². The lowest BCUT2D eigenvalue weighted by Gasteiger charge is -2.27. The average Bonchev–Trinajstić information content (AvgIpc) is 2.44. The monoisotopic (exact) mass is 278 g/mol. The van der Waals surface area contributed by atoms with Gasteiger partial charge in [-0.2, -0.15) is 0 Å². The van der Waals surface area contributed by atoms with E-state index in [0.29, 0.717) is 17.6 Å². The molecule has 0 spiro atoms. The minimum absolute atomic E-state index is 0.0434. The molecule has 2 bridgehead atoms. The number of halogens is 2. The minimum Gasteiger partial charge on any atom is -0.297 e. The summed E-state index contributed by atoms with van der Waals surface area (Å²) in [5, 5.41) is 0. The van der Waals surface area contributed by atoms with Gasteiger partial charge in [0.05, 0.1) is 9.65 Å². The van der Waals surface area contributed by atoms with Crippen molar-refractivity contribution in [1.29, 1.82) is 0 Å². The van der Waals surface area contributed by atoms with Crippen LogP contribution in [0.1, 0.15) is 6.42 Å². The van der Waals surface area contributed by atoms with Crippen molar-refractivity contribution >= 4 is 37.6 Å². The van der Waals surface area contributed by atoms with Crippen molar-refractivity contribution in [1.82, 2.24) is 0 Å². The molecule has 0 aliphatic heterocycles. The average molecular weight is 280 g/mol. The molecule has 1 nitrogen and oxygen atoms in total. The number of fused-ring (bicyclic) bond motifs is 2. The maximum Gasteiger partial charge on any atom is 0.161 e. The Labute approximate surface area is 82.5 Å². The van der Waals surface area contributed by atoms with Crippen molar-refractivity contribution in [3.63, 3.8) is 0 Å². The first-order valence-corrected chi connectivity index (χ1v) is 5.53. The number of carbonyl (C=O) groups is 1. The van der Waals surface area contributed by atoms with Crippen LogP contribution < -0.4 is 0 Å². The number of allylic oxidation sites excluding steroid dienone is 2. The molecule has 2 aliphatic rings. The summed E-state index contributed by atoms with van der Waals surface area (Å²) < 4.78 is 0. The van der Waals surface area contributed by atoms with E-state index < -0.39 is 0 Å². The van der Waals surface area contributed by atoms with Gasteiger partial charge >= 0.3 is 0 Å². The van der Waals surface area contributed by atoms with Crippen LogP contribution >= 0.6 is 31.9 Å². The van der Waals surface area contributed by atoms with Crippen LogP contribution in [-0.4, -0.2) is 15.4 Å². The van der Waals surface area contributed by atoms with Crippen LogP contribution in [0.2, 0.25) is 0 Å². The van der Waals surface area contributed by atoms with Gasteiger partial charge in [-0.3, -0.25) is 4.79 Å². The maximum absolute atomic E-state index is 11.5. The molecule has 0 N–H and O–H groups in total. The summed E-state index contributed by atoms with van der Waals surface area (Å²) in [6.07, 6.45) is 5.43. The Morgan fingerprint density at radius 2 is 1.64 bits per heavy atom. The Balaban J connectivity index is 2.29. The third kappa shape index (κ3) is 1.13. The number of hydrogen-bond donors (Lipinski definition) is 0. The highest BCUT2D eigenvalue weighted by atomic mass is 79.9. The summed E-state index contributed by atoms with van der Waals surface area (Å²) in [4.78, 5) is 11.5. The lowest BCUT2D eigenvalue weighted by atomic mass is 9.87. The van der Waals surface area contributed by atoms with Crippen LogP contribution in [0.4, 0.5) is 0 Å². The Hall–Kier alpha value is 0.370. The number of rotatable bonds is 0. The number of alkyl halides is 2. The fourth-order valence-corrected chi connectivity index (χ4v) is 3.47. The zero-order valence-corrected chi connectivity index (χ0v) is 9.01. The molecule has 1 fully saturated rings. The van der Waals surface area contributed by atoms with Gasteiger partial charge in [-0.1, -0.05) is 44.0 Å². The summed E-state index contributed by atoms with van der Waals surface area (Å²) in [7, 11) is 0. The topological polar surface area (TPSA) is 17.1 Å². The number of carbonyl (C=O) groups excluding carboxylic acids is 1. The summed E-state index contributed by atoms with van der Waals surface area (Å²) in [5.41, 5.74) is 0. The van der Waals surface area contributed by atoms with Gasteiger partial charge in [-0.25, -0.2) is 0 Å². The van der Waals surface area contributed by atoms with E-state index in [-0.39, 0.29) is 9.65 Å². The van der Waals surface area contributed by atoms with E-state index in [1.807, 2.05) is 0 Å². The first kappa shape index (κ1) is 7.99. The Kier molecular flexibility index (Phi) is 1.96. The first-order valence-electron chi connectivity index (χ1n) is 3.70. The molecule has 0 radical (unpaired) electrons. The molecule has 60 valence electrons. The molecule has 0 aromatic heterocycles. The van der Waals surface area contributed by atoms with Crippen molar-refractivity contribution < 1.29 is 4.79 Å². The largest absolute Gasteiger partial charge is 0.297 e. The normalized spacial score (nSPS) is 48.4. The molecular weight excluding hydrogens is 272 g/mol. The van der Waals surface area contributed by atoms with Crippen molar-refractivity contribution in [2.75, 3.05) is 0 Å². The van der Waals surface area contributed by atoms with Crippen LogP contribution in [0.5, 0.6) is 0 Å². The number of Topliss-reactive ketones (excluding diaryl/α,β-unsaturated/α-hetero) is 1. The molecule has 0 aromatic carbocycles. The van der Waals surface area contributed by atoms with E-state index in [4.69, 9.17) is 0 Å². The Bertz CT molecular complexity index is 204. The van der Waals surface area contributed by atoms with Gasteiger partial charge in [-0.15, -0.1) is 0 Å². The zero-order chi connectivity index (χ0) is 8.01. The molecule has 3 heteroatoms. The molecule has 2 rings (SSSR count). The zero-order valence-electron chi connectivity index (χ0n) is 5.84. The standard InChI is InChI=1S/C8H8Br2O/c9-6-4-1-2-5(3-4)7(10)8(6)11/h1-2,4-7H,3H2. The maximum atomic E-state index is 11.5. The van der Waals surface area contributed by atoms with Crippen molar-refractivity contribution in [2.45, 2.75) is 16.1 Å². The molecule has 4 unspecified atom stereocenters. The number of ketones is 1. The van der Waals surface area contributed by atoms with Gasteiger partial charge in [0.25, 0.3) is 0 Å². The fourth-order valence-electron chi connectivity index (χ4n) is 1.76. The summed E-state index contributed by atoms with van der Waals surface area (Å²) in [6, 6.07) is 0. The second-order valence-electron chi connectivity index (χ2n) is 3.15. The molecular formula is C8H8Br2O. The lowest BCUT2D eigenvalue weighted by Crippen LogP contribution is -2.37. The summed E-state index contributed by atoms with van der Waals surface area (Å²) in [6.45, 7) is 0. The molecule has 2 aliphatic carbocycles. The van der Waals surface area contributed by atoms with Crippen molar-refractivity contribution in [2.24, 2.45) is 11.8 Å². The molecule has 0 saturated heterocycles. The van der Waals surface area contributed by atoms with Gasteiger partial charge < -0.3 is 0 Å². The van der Waals surface area contributed by atoms with Crippen LogP contribution in [0, 0.1) is 11.8 Å². The quantitative estimate of drug-likeness (QED) is 0.491. The SMILES string of the molecule is O=C1C(Br)C2C=CC(C2)C1Br. The van der Waals surface area contributed by atoms with E-state index in [1.165, 1.54) is 0 Å². The molecule has 1 saturated carbocycles. The van der Waals surface area contributed by atoms with Gasteiger partial charge in [0.2, 0.25) is 0 Å². The van der Waals surface area contributed by atoms with E-state index in [9.17, 15) is 4.79 Å².